The van der Waals surface area contributed by atoms with Gasteiger partial charge in [-0.15, -0.1) is 0 Å². The zero-order valence-electron chi connectivity index (χ0n) is 20.5. The van der Waals surface area contributed by atoms with Crippen LogP contribution in [0.15, 0.2) is 43.0 Å². The Morgan fingerprint density at radius 1 is 1.11 bits per heavy atom. The van der Waals surface area contributed by atoms with Crippen LogP contribution >= 0.6 is 0 Å². The van der Waals surface area contributed by atoms with Crippen molar-refractivity contribution in [2.75, 3.05) is 18.0 Å². The van der Waals surface area contributed by atoms with Crippen LogP contribution in [0.4, 0.5) is 11.5 Å². The number of ether oxygens (including phenoxy) is 1. The second-order valence-electron chi connectivity index (χ2n) is 9.60. The van der Waals surface area contributed by atoms with Gasteiger partial charge in [0, 0.05) is 43.3 Å². The number of H-pyrrole nitrogens is 1. The third-order valence-corrected chi connectivity index (χ3v) is 7.25. The molecule has 0 amide bonds. The minimum absolute atomic E-state index is 0.241. The molecular formula is C26H24N10O. The zero-order chi connectivity index (χ0) is 25.1. The van der Waals surface area contributed by atoms with Crippen molar-refractivity contribution in [1.29, 1.82) is 0 Å². The van der Waals surface area contributed by atoms with Crippen molar-refractivity contribution in [1.82, 2.24) is 39.6 Å². The number of hydrogen-bond acceptors (Lipinski definition) is 7. The molecule has 2 aliphatic rings. The van der Waals surface area contributed by atoms with E-state index in [0.717, 1.165) is 77.0 Å². The van der Waals surface area contributed by atoms with Gasteiger partial charge >= 0.3 is 0 Å². The van der Waals surface area contributed by atoms with E-state index in [9.17, 15) is 0 Å². The number of rotatable bonds is 4. The number of pyridine rings is 1. The first-order chi connectivity index (χ1) is 18.1. The molecule has 184 valence electrons. The average Bonchev–Trinajstić information content (AvgIpc) is 3.70. The van der Waals surface area contributed by atoms with Gasteiger partial charge in [0.1, 0.15) is 5.82 Å². The normalized spacial score (nSPS) is 19.0. The Kier molecular flexibility index (Phi) is 4.84. The van der Waals surface area contributed by atoms with E-state index in [1.54, 1.807) is 24.7 Å². The topological polar surface area (TPSA) is 106 Å². The van der Waals surface area contributed by atoms with E-state index in [2.05, 4.69) is 31.0 Å². The van der Waals surface area contributed by atoms with E-state index in [0.29, 0.717) is 5.69 Å². The lowest BCUT2D eigenvalue weighted by Crippen LogP contribution is -2.43. The Labute approximate surface area is 212 Å². The van der Waals surface area contributed by atoms with Gasteiger partial charge in [-0.1, -0.05) is 0 Å². The van der Waals surface area contributed by atoms with Crippen molar-refractivity contribution in [2.45, 2.75) is 38.9 Å². The number of aromatic nitrogens is 8. The van der Waals surface area contributed by atoms with Crippen molar-refractivity contribution < 1.29 is 4.74 Å². The molecule has 11 nitrogen and oxygen atoms in total. The monoisotopic (exact) mass is 492 g/mol. The van der Waals surface area contributed by atoms with E-state index in [4.69, 9.17) is 26.5 Å². The van der Waals surface area contributed by atoms with Gasteiger partial charge in [-0.2, -0.15) is 15.3 Å². The fraction of sp³-hybridized carbons (Fsp3) is 0.308. The number of nitrogens with one attached hydrogen (secondary N) is 1. The summed E-state index contributed by atoms with van der Waals surface area (Å²) in [6.07, 6.45) is 9.49. The van der Waals surface area contributed by atoms with Gasteiger partial charge in [-0.25, -0.2) is 19.0 Å². The van der Waals surface area contributed by atoms with Gasteiger partial charge in [0.2, 0.25) is 5.69 Å². The largest absolute Gasteiger partial charge is 0.371 e. The van der Waals surface area contributed by atoms with E-state index >= 15 is 0 Å². The number of morpholine rings is 1. The third kappa shape index (κ3) is 3.48. The average molecular weight is 493 g/mol. The maximum atomic E-state index is 7.36. The first-order valence-electron chi connectivity index (χ1n) is 12.3. The van der Waals surface area contributed by atoms with E-state index in [-0.39, 0.29) is 12.2 Å². The molecule has 1 N–H and O–H groups in total. The van der Waals surface area contributed by atoms with Crippen molar-refractivity contribution in [2.24, 2.45) is 0 Å². The lowest BCUT2D eigenvalue weighted by Gasteiger charge is -2.33. The van der Waals surface area contributed by atoms with E-state index in [1.165, 1.54) is 0 Å². The van der Waals surface area contributed by atoms with Gasteiger partial charge in [0.25, 0.3) is 0 Å². The van der Waals surface area contributed by atoms with Crippen LogP contribution in [-0.4, -0.2) is 64.9 Å². The van der Waals surface area contributed by atoms with Gasteiger partial charge in [-0.3, -0.25) is 10.1 Å². The van der Waals surface area contributed by atoms with Gasteiger partial charge in [0.05, 0.1) is 59.0 Å². The Hall–Kier alpha value is -4.56. The van der Waals surface area contributed by atoms with Gasteiger partial charge in [0.15, 0.2) is 5.65 Å². The first kappa shape index (κ1) is 21.7. The minimum atomic E-state index is 0.241. The molecule has 7 rings (SSSR count). The summed E-state index contributed by atoms with van der Waals surface area (Å²) in [6.45, 7) is 13.0. The standard InChI is InChI=1S/C26H24N10O/c1-15-25(16(2)35(33-15)18-8-17(27-3)10-28-11-18)23-9-24(34-13-19-4-5-20(14-34)37-19)31-26-21(12-30-36(23)26)22-6-7-29-32-22/h6-12,19-20H,4-5,13-14H2,1-2H3,(H,29,32). The van der Waals surface area contributed by atoms with Crippen LogP contribution in [0.3, 0.4) is 0 Å². The third-order valence-electron chi connectivity index (χ3n) is 7.25. The molecule has 0 aliphatic carbocycles. The molecule has 7 heterocycles. The molecule has 2 aliphatic heterocycles. The fourth-order valence-corrected chi connectivity index (χ4v) is 5.55. The highest BCUT2D eigenvalue weighted by Crippen LogP contribution is 2.36. The molecule has 5 aromatic rings. The summed E-state index contributed by atoms with van der Waals surface area (Å²) in [6, 6.07) is 5.83. The van der Waals surface area contributed by atoms with Crippen LogP contribution in [0.25, 0.3) is 38.7 Å². The maximum absolute atomic E-state index is 7.36. The Morgan fingerprint density at radius 2 is 1.95 bits per heavy atom. The predicted molar refractivity (Wildman–Crippen MR) is 137 cm³/mol. The number of aromatic amines is 1. The SMILES string of the molecule is [C-]#[N+]c1cncc(-n2nc(C)c(-c3cc(N4CC5CCC(C4)O5)nc4c(-c5ccn[nH]5)cnn34)c2C)c1. The number of anilines is 1. The second-order valence-corrected chi connectivity index (χ2v) is 9.60. The molecule has 2 bridgehead atoms. The summed E-state index contributed by atoms with van der Waals surface area (Å²) < 4.78 is 9.81. The van der Waals surface area contributed by atoms with Crippen LogP contribution in [0.1, 0.15) is 24.2 Å². The molecule has 2 fully saturated rings. The van der Waals surface area contributed by atoms with Gasteiger partial charge in [-0.05, 0) is 38.8 Å². The van der Waals surface area contributed by atoms with E-state index < -0.39 is 0 Å². The number of hydrogen-bond donors (Lipinski definition) is 1. The number of aryl methyl sites for hydroxylation is 1. The van der Waals surface area contributed by atoms with Crippen molar-refractivity contribution >= 4 is 17.2 Å². The van der Waals surface area contributed by atoms with Crippen LogP contribution < -0.4 is 4.90 Å². The quantitative estimate of drug-likeness (QED) is 0.379. The highest BCUT2D eigenvalue weighted by molar-refractivity contribution is 5.80. The van der Waals surface area contributed by atoms with Gasteiger partial charge < -0.3 is 9.64 Å². The number of fused-ring (bicyclic) bond motifs is 3. The van der Waals surface area contributed by atoms with E-state index in [1.807, 2.05) is 35.3 Å². The number of nitrogens with zero attached hydrogens (tertiary/aromatic N) is 9. The molecule has 0 saturated carbocycles. The smallest absolute Gasteiger partial charge is 0.207 e. The van der Waals surface area contributed by atoms with Crippen molar-refractivity contribution in [3.63, 3.8) is 0 Å². The lowest BCUT2D eigenvalue weighted by atomic mass is 10.1. The van der Waals surface area contributed by atoms with Crippen LogP contribution in [0.2, 0.25) is 0 Å². The minimum Gasteiger partial charge on any atom is -0.371 e. The first-order valence-corrected chi connectivity index (χ1v) is 12.3. The molecule has 2 atom stereocenters. The predicted octanol–water partition coefficient (Wildman–Crippen LogP) is 3.90. The molecule has 5 aromatic heterocycles. The summed E-state index contributed by atoms with van der Waals surface area (Å²) in [5, 5.41) is 16.8. The van der Waals surface area contributed by atoms with Crippen molar-refractivity contribution in [3.05, 3.63) is 65.8 Å². The second kappa shape index (κ2) is 8.25. The molecular weight excluding hydrogens is 468 g/mol. The molecule has 2 saturated heterocycles. The molecule has 0 spiro atoms. The summed E-state index contributed by atoms with van der Waals surface area (Å²) >= 11 is 0. The Morgan fingerprint density at radius 3 is 2.70 bits per heavy atom. The summed E-state index contributed by atoms with van der Waals surface area (Å²) in [7, 11) is 0. The molecule has 11 heteroatoms. The highest BCUT2D eigenvalue weighted by atomic mass is 16.5. The fourth-order valence-electron chi connectivity index (χ4n) is 5.55. The molecule has 2 unspecified atom stereocenters. The highest BCUT2D eigenvalue weighted by Gasteiger charge is 2.35. The van der Waals surface area contributed by atoms with Crippen LogP contribution in [0, 0.1) is 20.4 Å². The van der Waals surface area contributed by atoms with Crippen molar-refractivity contribution in [3.8, 4) is 28.2 Å². The Bertz CT molecular complexity index is 1660. The lowest BCUT2D eigenvalue weighted by molar-refractivity contribution is 0.0302. The zero-order valence-corrected chi connectivity index (χ0v) is 20.5. The Balaban J connectivity index is 1.43. The molecule has 0 aromatic carbocycles. The molecule has 37 heavy (non-hydrogen) atoms. The van der Waals surface area contributed by atoms with Crippen LogP contribution in [0.5, 0.6) is 0 Å². The molecule has 0 radical (unpaired) electrons. The van der Waals surface area contributed by atoms with Crippen LogP contribution in [-0.2, 0) is 4.74 Å². The summed E-state index contributed by atoms with van der Waals surface area (Å²) in [5.74, 6) is 0.896. The summed E-state index contributed by atoms with van der Waals surface area (Å²) in [5.41, 5.74) is 7.36. The summed E-state index contributed by atoms with van der Waals surface area (Å²) in [4.78, 5) is 15.2. The maximum Gasteiger partial charge on any atom is 0.207 e.